The van der Waals surface area contributed by atoms with Crippen LogP contribution in [0, 0.1) is 0 Å². The van der Waals surface area contributed by atoms with E-state index in [1.807, 2.05) is 6.07 Å². The first kappa shape index (κ1) is 10.9. The Morgan fingerprint density at radius 1 is 1.24 bits per heavy atom. The molecule has 3 aromatic heterocycles. The molecule has 0 amide bonds. The molecule has 0 aromatic carbocycles. The van der Waals surface area contributed by atoms with Gasteiger partial charge in [0.05, 0.1) is 9.21 Å². The minimum Gasteiger partial charge on any atom is -0.506 e. The van der Waals surface area contributed by atoms with E-state index in [0.29, 0.717) is 15.7 Å². The molecular formula is C11H6Cl2N2OS. The topological polar surface area (TPSA) is 37.5 Å². The van der Waals surface area contributed by atoms with Gasteiger partial charge in [-0.1, -0.05) is 23.2 Å². The number of halogens is 2. The molecule has 0 saturated carbocycles. The van der Waals surface area contributed by atoms with E-state index in [2.05, 4.69) is 4.98 Å². The zero-order chi connectivity index (χ0) is 12.0. The van der Waals surface area contributed by atoms with E-state index in [1.165, 1.54) is 11.3 Å². The van der Waals surface area contributed by atoms with Crippen LogP contribution in [0.1, 0.15) is 0 Å². The molecule has 3 rings (SSSR count). The van der Waals surface area contributed by atoms with Crippen molar-refractivity contribution in [3.8, 4) is 16.5 Å². The number of thiophene rings is 1. The van der Waals surface area contributed by atoms with Crippen LogP contribution in [0.4, 0.5) is 0 Å². The van der Waals surface area contributed by atoms with E-state index < -0.39 is 0 Å². The minimum atomic E-state index is 0.110. The van der Waals surface area contributed by atoms with Crippen molar-refractivity contribution >= 4 is 40.1 Å². The lowest BCUT2D eigenvalue weighted by atomic mass is 10.4. The van der Waals surface area contributed by atoms with Crippen LogP contribution in [0.25, 0.3) is 16.2 Å². The summed E-state index contributed by atoms with van der Waals surface area (Å²) in [5.41, 5.74) is 0.508. The molecule has 0 aliphatic rings. The van der Waals surface area contributed by atoms with Crippen molar-refractivity contribution in [2.45, 2.75) is 0 Å². The summed E-state index contributed by atoms with van der Waals surface area (Å²) in [4.78, 5) is 5.16. The van der Waals surface area contributed by atoms with Gasteiger partial charge in [-0.05, 0) is 24.3 Å². The zero-order valence-corrected chi connectivity index (χ0v) is 10.7. The highest BCUT2D eigenvalue weighted by atomic mass is 35.5. The average molecular weight is 285 g/mol. The van der Waals surface area contributed by atoms with Gasteiger partial charge in [-0.3, -0.25) is 4.40 Å². The first-order valence-corrected chi connectivity index (χ1v) is 6.35. The van der Waals surface area contributed by atoms with Gasteiger partial charge >= 0.3 is 0 Å². The van der Waals surface area contributed by atoms with Gasteiger partial charge in [0.2, 0.25) is 0 Å². The fourth-order valence-corrected chi connectivity index (χ4v) is 2.98. The zero-order valence-electron chi connectivity index (χ0n) is 8.39. The standard InChI is InChI=1S/C11H6Cl2N2OS/c12-8-4-3-7(17-8)11-14-10(13)9-6(16)2-1-5-15(9)11/h1-5,16H. The van der Waals surface area contributed by atoms with E-state index in [9.17, 15) is 5.11 Å². The van der Waals surface area contributed by atoms with Crippen LogP contribution >= 0.6 is 34.5 Å². The number of aromatic nitrogens is 2. The van der Waals surface area contributed by atoms with Crippen molar-refractivity contribution in [2.75, 3.05) is 0 Å². The number of rotatable bonds is 1. The number of hydrogen-bond donors (Lipinski definition) is 1. The minimum absolute atomic E-state index is 0.110. The molecule has 0 fully saturated rings. The quantitative estimate of drug-likeness (QED) is 0.731. The lowest BCUT2D eigenvalue weighted by molar-refractivity contribution is 0.479. The van der Waals surface area contributed by atoms with Crippen molar-refractivity contribution in [3.63, 3.8) is 0 Å². The summed E-state index contributed by atoms with van der Waals surface area (Å²) < 4.78 is 2.44. The molecule has 86 valence electrons. The second kappa shape index (κ2) is 3.91. The van der Waals surface area contributed by atoms with Gasteiger partial charge in [0.25, 0.3) is 0 Å². The summed E-state index contributed by atoms with van der Waals surface area (Å²) in [7, 11) is 0. The van der Waals surface area contributed by atoms with Crippen molar-refractivity contribution in [1.29, 1.82) is 0 Å². The van der Waals surface area contributed by atoms with Gasteiger partial charge < -0.3 is 5.11 Å². The van der Waals surface area contributed by atoms with Crippen LogP contribution in [0.3, 0.4) is 0 Å². The number of fused-ring (bicyclic) bond motifs is 1. The van der Waals surface area contributed by atoms with Gasteiger partial charge in [-0.15, -0.1) is 11.3 Å². The number of imidazole rings is 1. The second-order valence-corrected chi connectivity index (χ2v) is 5.52. The Bertz CT molecular complexity index is 705. The molecule has 0 bridgehead atoms. The fourth-order valence-electron chi connectivity index (χ4n) is 1.69. The highest BCUT2D eigenvalue weighted by Crippen LogP contribution is 2.35. The van der Waals surface area contributed by atoms with Crippen LogP contribution in [0.2, 0.25) is 9.49 Å². The van der Waals surface area contributed by atoms with E-state index in [-0.39, 0.29) is 10.9 Å². The molecule has 0 spiro atoms. The number of hydrogen-bond acceptors (Lipinski definition) is 3. The summed E-state index contributed by atoms with van der Waals surface area (Å²) in [5, 5.41) is 10.0. The summed E-state index contributed by atoms with van der Waals surface area (Å²) in [6.07, 6.45) is 1.80. The van der Waals surface area contributed by atoms with Crippen LogP contribution < -0.4 is 0 Å². The molecule has 3 nitrogen and oxygen atoms in total. The summed E-state index contributed by atoms with van der Waals surface area (Å²) in [5.74, 6) is 0.789. The SMILES string of the molecule is Oc1cccn2c(-c3ccc(Cl)s3)nc(Cl)c12. The highest BCUT2D eigenvalue weighted by molar-refractivity contribution is 7.19. The maximum absolute atomic E-state index is 9.75. The molecule has 3 aromatic rings. The molecule has 0 unspecified atom stereocenters. The lowest BCUT2D eigenvalue weighted by Gasteiger charge is -1.99. The van der Waals surface area contributed by atoms with Gasteiger partial charge in [0.15, 0.2) is 11.0 Å². The van der Waals surface area contributed by atoms with Crippen LogP contribution in [-0.4, -0.2) is 14.5 Å². The monoisotopic (exact) mass is 284 g/mol. The van der Waals surface area contributed by atoms with Gasteiger partial charge in [-0.25, -0.2) is 4.98 Å². The summed E-state index contributed by atoms with van der Waals surface area (Å²) >= 11 is 13.3. The van der Waals surface area contributed by atoms with Crippen LogP contribution in [0.15, 0.2) is 30.5 Å². The number of pyridine rings is 1. The molecule has 3 heterocycles. The van der Waals surface area contributed by atoms with E-state index in [0.717, 1.165) is 4.88 Å². The molecule has 1 N–H and O–H groups in total. The number of aromatic hydroxyl groups is 1. The Labute approximate surface area is 111 Å². The third kappa shape index (κ3) is 1.69. The lowest BCUT2D eigenvalue weighted by Crippen LogP contribution is -1.86. The Balaban J connectivity index is 2.35. The van der Waals surface area contributed by atoms with Crippen LogP contribution in [-0.2, 0) is 0 Å². The average Bonchev–Trinajstić information content (AvgIpc) is 2.84. The van der Waals surface area contributed by atoms with E-state index >= 15 is 0 Å². The molecule has 0 saturated heterocycles. The molecule has 17 heavy (non-hydrogen) atoms. The van der Waals surface area contributed by atoms with Crippen molar-refractivity contribution < 1.29 is 5.11 Å². The smallest absolute Gasteiger partial charge is 0.159 e. The molecule has 6 heteroatoms. The van der Waals surface area contributed by atoms with Crippen molar-refractivity contribution in [2.24, 2.45) is 0 Å². The Morgan fingerprint density at radius 3 is 2.76 bits per heavy atom. The predicted molar refractivity (Wildman–Crippen MR) is 70.2 cm³/mol. The molecule has 0 radical (unpaired) electrons. The molecule has 0 aliphatic heterocycles. The van der Waals surface area contributed by atoms with Crippen molar-refractivity contribution in [3.05, 3.63) is 40.0 Å². The van der Waals surface area contributed by atoms with Gasteiger partial charge in [0.1, 0.15) is 11.3 Å². The normalized spacial score (nSPS) is 11.2. The Hall–Kier alpha value is -1.23. The fraction of sp³-hybridized carbons (Fsp3) is 0. The first-order valence-electron chi connectivity index (χ1n) is 4.78. The molecule has 0 aliphatic carbocycles. The Morgan fingerprint density at radius 2 is 2.06 bits per heavy atom. The maximum Gasteiger partial charge on any atom is 0.159 e. The molecule has 0 atom stereocenters. The third-order valence-electron chi connectivity index (χ3n) is 2.39. The van der Waals surface area contributed by atoms with Gasteiger partial charge in [-0.2, -0.15) is 0 Å². The third-order valence-corrected chi connectivity index (χ3v) is 3.88. The highest BCUT2D eigenvalue weighted by Gasteiger charge is 2.15. The largest absolute Gasteiger partial charge is 0.506 e. The van der Waals surface area contributed by atoms with E-state index in [4.69, 9.17) is 23.2 Å². The summed E-state index contributed by atoms with van der Waals surface area (Å²) in [6.45, 7) is 0. The first-order chi connectivity index (χ1) is 8.16. The maximum atomic E-state index is 9.75. The van der Waals surface area contributed by atoms with Gasteiger partial charge in [0, 0.05) is 6.20 Å². The predicted octanol–water partition coefficient (Wildman–Crippen LogP) is 4.08. The van der Waals surface area contributed by atoms with E-state index in [1.54, 1.807) is 28.8 Å². The van der Waals surface area contributed by atoms with Crippen molar-refractivity contribution in [1.82, 2.24) is 9.38 Å². The Kier molecular flexibility index (Phi) is 2.50. The van der Waals surface area contributed by atoms with Crippen LogP contribution in [0.5, 0.6) is 5.75 Å². The number of nitrogens with zero attached hydrogens (tertiary/aromatic N) is 2. The second-order valence-electron chi connectivity index (χ2n) is 3.44. The summed E-state index contributed by atoms with van der Waals surface area (Å²) in [6, 6.07) is 6.99. The molecular weight excluding hydrogens is 279 g/mol.